The number of carbonyl (C=O) groups is 3. The van der Waals surface area contributed by atoms with Gasteiger partial charge in [-0.3, -0.25) is 9.59 Å². The van der Waals surface area contributed by atoms with Gasteiger partial charge in [-0.25, -0.2) is 10.2 Å². The van der Waals surface area contributed by atoms with Crippen LogP contribution in [0.2, 0.25) is 5.02 Å². The molecule has 0 bridgehead atoms. The third kappa shape index (κ3) is 6.31. The van der Waals surface area contributed by atoms with Crippen LogP contribution in [0.1, 0.15) is 26.3 Å². The van der Waals surface area contributed by atoms with E-state index in [0.29, 0.717) is 27.5 Å². The van der Waals surface area contributed by atoms with Crippen molar-refractivity contribution in [2.24, 2.45) is 5.10 Å². The molecule has 0 aliphatic heterocycles. The molecule has 0 unspecified atom stereocenters. The van der Waals surface area contributed by atoms with Gasteiger partial charge in [0.1, 0.15) is 5.75 Å². The van der Waals surface area contributed by atoms with Crippen LogP contribution in [0.5, 0.6) is 5.75 Å². The average Bonchev–Trinajstić information content (AvgIpc) is 2.87. The SMILES string of the molecule is O=C(CNC(=O)c1cccc2ccccc12)NN=Cc1cccc(OC(=O)c2ccc(Cl)cc2)c1. The molecule has 35 heavy (non-hydrogen) atoms. The van der Waals surface area contributed by atoms with E-state index in [0.717, 1.165) is 10.8 Å². The molecule has 0 saturated heterocycles. The summed E-state index contributed by atoms with van der Waals surface area (Å²) in [4.78, 5) is 36.9. The molecule has 0 heterocycles. The Labute approximate surface area is 206 Å². The lowest BCUT2D eigenvalue weighted by Crippen LogP contribution is -2.35. The van der Waals surface area contributed by atoms with Crippen molar-refractivity contribution in [2.45, 2.75) is 0 Å². The van der Waals surface area contributed by atoms with Crippen LogP contribution in [-0.2, 0) is 4.79 Å². The highest BCUT2D eigenvalue weighted by Gasteiger charge is 2.11. The molecule has 0 fully saturated rings. The van der Waals surface area contributed by atoms with Crippen molar-refractivity contribution in [3.8, 4) is 5.75 Å². The maximum atomic E-state index is 12.5. The first-order chi connectivity index (χ1) is 17.0. The summed E-state index contributed by atoms with van der Waals surface area (Å²) in [6.45, 7) is -0.238. The van der Waals surface area contributed by atoms with Gasteiger partial charge in [0.2, 0.25) is 0 Å². The van der Waals surface area contributed by atoms with Crippen molar-refractivity contribution >= 4 is 46.4 Å². The Bertz CT molecular complexity index is 1410. The molecule has 2 amide bonds. The van der Waals surface area contributed by atoms with Gasteiger partial charge < -0.3 is 10.1 Å². The zero-order valence-electron chi connectivity index (χ0n) is 18.4. The standard InChI is InChI=1S/C27H20ClN3O4/c28-21-13-11-20(12-14-21)27(34)35-22-8-3-5-18(15-22)16-30-31-25(32)17-29-26(33)24-10-4-7-19-6-1-2-9-23(19)24/h1-16H,17H2,(H,29,33)(H,31,32). The van der Waals surface area contributed by atoms with E-state index in [1.165, 1.54) is 6.21 Å². The summed E-state index contributed by atoms with van der Waals surface area (Å²) in [7, 11) is 0. The van der Waals surface area contributed by atoms with Crippen molar-refractivity contribution in [2.75, 3.05) is 6.54 Å². The van der Waals surface area contributed by atoms with Gasteiger partial charge in [-0.15, -0.1) is 0 Å². The van der Waals surface area contributed by atoms with Crippen molar-refractivity contribution in [3.63, 3.8) is 0 Å². The Hall–Kier alpha value is -4.49. The third-order valence-corrected chi connectivity index (χ3v) is 5.25. The maximum Gasteiger partial charge on any atom is 0.343 e. The summed E-state index contributed by atoms with van der Waals surface area (Å²) in [5.74, 6) is -1.04. The van der Waals surface area contributed by atoms with Crippen molar-refractivity contribution in [1.29, 1.82) is 0 Å². The molecule has 174 valence electrons. The molecule has 7 nitrogen and oxygen atoms in total. The molecule has 0 aliphatic carbocycles. The predicted octanol–water partition coefficient (Wildman–Crippen LogP) is 4.59. The van der Waals surface area contributed by atoms with Gasteiger partial charge in [-0.2, -0.15) is 5.10 Å². The zero-order valence-corrected chi connectivity index (χ0v) is 19.2. The number of ether oxygens (including phenoxy) is 1. The number of nitrogens with one attached hydrogen (secondary N) is 2. The van der Waals surface area contributed by atoms with Crippen molar-refractivity contribution in [1.82, 2.24) is 10.7 Å². The number of nitrogens with zero attached hydrogens (tertiary/aromatic N) is 1. The highest BCUT2D eigenvalue weighted by atomic mass is 35.5. The molecule has 0 atom stereocenters. The lowest BCUT2D eigenvalue weighted by molar-refractivity contribution is -0.120. The smallest absolute Gasteiger partial charge is 0.343 e. The van der Waals surface area contributed by atoms with E-state index in [1.807, 2.05) is 30.3 Å². The Morgan fingerprint density at radius 2 is 1.63 bits per heavy atom. The number of amides is 2. The van der Waals surface area contributed by atoms with Crippen molar-refractivity contribution in [3.05, 3.63) is 113 Å². The van der Waals surface area contributed by atoms with Gasteiger partial charge in [0, 0.05) is 10.6 Å². The fourth-order valence-electron chi connectivity index (χ4n) is 3.31. The normalized spacial score (nSPS) is 10.8. The van der Waals surface area contributed by atoms with Crippen molar-refractivity contribution < 1.29 is 19.1 Å². The number of esters is 1. The quantitative estimate of drug-likeness (QED) is 0.173. The van der Waals surface area contributed by atoms with Gasteiger partial charge >= 0.3 is 5.97 Å². The first-order valence-corrected chi connectivity index (χ1v) is 11.0. The number of hydrazone groups is 1. The van der Waals surface area contributed by atoms with E-state index >= 15 is 0 Å². The number of fused-ring (bicyclic) bond motifs is 1. The molecule has 4 aromatic carbocycles. The van der Waals surface area contributed by atoms with Crippen LogP contribution in [0, 0.1) is 0 Å². The van der Waals surface area contributed by atoms with Crippen LogP contribution in [0.3, 0.4) is 0 Å². The lowest BCUT2D eigenvalue weighted by atomic mass is 10.0. The van der Waals surface area contributed by atoms with E-state index in [1.54, 1.807) is 60.7 Å². The van der Waals surface area contributed by atoms with E-state index in [4.69, 9.17) is 16.3 Å². The monoisotopic (exact) mass is 485 g/mol. The van der Waals surface area contributed by atoms with Crippen LogP contribution in [-0.4, -0.2) is 30.5 Å². The molecule has 4 rings (SSSR count). The average molecular weight is 486 g/mol. The van der Waals surface area contributed by atoms with Gasteiger partial charge in [-0.1, -0.05) is 60.1 Å². The minimum atomic E-state index is -0.522. The Kier molecular flexibility index (Phi) is 7.50. The molecule has 0 aliphatic rings. The number of halogens is 1. The fourth-order valence-corrected chi connectivity index (χ4v) is 3.43. The van der Waals surface area contributed by atoms with E-state index in [9.17, 15) is 14.4 Å². The third-order valence-electron chi connectivity index (χ3n) is 5.00. The highest BCUT2D eigenvalue weighted by molar-refractivity contribution is 6.30. The minimum absolute atomic E-state index is 0.238. The number of rotatable bonds is 7. The van der Waals surface area contributed by atoms with Crippen LogP contribution < -0.4 is 15.5 Å². The summed E-state index contributed by atoms with van der Waals surface area (Å²) in [6, 6.07) is 26.0. The predicted molar refractivity (Wildman–Crippen MR) is 135 cm³/mol. The second kappa shape index (κ2) is 11.1. The van der Waals surface area contributed by atoms with Gasteiger partial charge in [0.05, 0.1) is 18.3 Å². The van der Waals surface area contributed by atoms with Crippen LogP contribution in [0.15, 0.2) is 96.1 Å². The Balaban J connectivity index is 1.29. The van der Waals surface area contributed by atoms with Crippen LogP contribution >= 0.6 is 11.6 Å². The Morgan fingerprint density at radius 3 is 2.46 bits per heavy atom. The van der Waals surface area contributed by atoms with Crippen LogP contribution in [0.25, 0.3) is 10.8 Å². The first-order valence-electron chi connectivity index (χ1n) is 10.7. The van der Waals surface area contributed by atoms with Gasteiger partial charge in [0.15, 0.2) is 0 Å². The second-order valence-corrected chi connectivity index (χ2v) is 7.91. The van der Waals surface area contributed by atoms with Gasteiger partial charge in [-0.05, 0) is 58.8 Å². The summed E-state index contributed by atoms with van der Waals surface area (Å²) >= 11 is 5.84. The largest absolute Gasteiger partial charge is 0.423 e. The van der Waals surface area contributed by atoms with Gasteiger partial charge in [0.25, 0.3) is 11.8 Å². The molecule has 0 radical (unpaired) electrons. The second-order valence-electron chi connectivity index (χ2n) is 7.47. The zero-order chi connectivity index (χ0) is 24.6. The molecule has 0 saturated carbocycles. The minimum Gasteiger partial charge on any atom is -0.423 e. The summed E-state index contributed by atoms with van der Waals surface area (Å²) in [6.07, 6.45) is 1.41. The molecular weight excluding hydrogens is 466 g/mol. The molecule has 0 aromatic heterocycles. The summed E-state index contributed by atoms with van der Waals surface area (Å²) in [5, 5.41) is 8.77. The Morgan fingerprint density at radius 1 is 0.886 bits per heavy atom. The van der Waals surface area contributed by atoms with E-state index < -0.39 is 11.9 Å². The topological polar surface area (TPSA) is 96.9 Å². The molecule has 8 heteroatoms. The van der Waals surface area contributed by atoms with Crippen LogP contribution in [0.4, 0.5) is 0 Å². The summed E-state index contributed by atoms with van der Waals surface area (Å²) < 4.78 is 5.37. The number of hydrogen-bond acceptors (Lipinski definition) is 5. The van der Waals surface area contributed by atoms with E-state index in [2.05, 4.69) is 15.8 Å². The molecular formula is C27H20ClN3O4. The highest BCUT2D eigenvalue weighted by Crippen LogP contribution is 2.18. The fraction of sp³-hybridized carbons (Fsp3) is 0.0370. The summed E-state index contributed by atoms with van der Waals surface area (Å²) in [5.41, 5.74) is 3.82. The molecule has 0 spiro atoms. The van der Waals surface area contributed by atoms with E-state index in [-0.39, 0.29) is 12.5 Å². The maximum absolute atomic E-state index is 12.5. The lowest BCUT2D eigenvalue weighted by Gasteiger charge is -2.07. The molecule has 4 aromatic rings. The first kappa shape index (κ1) is 23.7. The number of hydrogen-bond donors (Lipinski definition) is 2. The number of carbonyl (C=O) groups excluding carboxylic acids is 3. The number of benzene rings is 4. The molecule has 2 N–H and O–H groups in total.